The zero-order chi connectivity index (χ0) is 17.7. The predicted octanol–water partition coefficient (Wildman–Crippen LogP) is 2.99. The van der Waals surface area contributed by atoms with Crippen LogP contribution in [0, 0.1) is 11.6 Å². The summed E-state index contributed by atoms with van der Waals surface area (Å²) in [5.41, 5.74) is 1.20. The SMILES string of the molecule is CS(=O)(=O)Nc1ccc(/C=C/C(=O)Nc2ccc(F)c(F)c2)cc1. The van der Waals surface area contributed by atoms with E-state index in [0.29, 0.717) is 11.3 Å². The lowest BCUT2D eigenvalue weighted by molar-refractivity contribution is -0.111. The maximum absolute atomic E-state index is 13.0. The van der Waals surface area contributed by atoms with Crippen molar-refractivity contribution < 1.29 is 22.0 Å². The molecule has 0 aliphatic rings. The quantitative estimate of drug-likeness (QED) is 0.813. The van der Waals surface area contributed by atoms with E-state index in [0.717, 1.165) is 18.4 Å². The van der Waals surface area contributed by atoms with Gasteiger partial charge in [-0.25, -0.2) is 17.2 Å². The summed E-state index contributed by atoms with van der Waals surface area (Å²) in [7, 11) is -3.35. The molecule has 0 spiro atoms. The van der Waals surface area contributed by atoms with E-state index in [4.69, 9.17) is 0 Å². The first-order valence-electron chi connectivity index (χ1n) is 6.75. The van der Waals surface area contributed by atoms with Crippen molar-refractivity contribution in [3.05, 3.63) is 65.7 Å². The highest BCUT2D eigenvalue weighted by Crippen LogP contribution is 2.14. The molecular weight excluding hydrogens is 338 g/mol. The van der Waals surface area contributed by atoms with Crippen LogP contribution in [0.25, 0.3) is 6.08 Å². The number of hydrogen-bond acceptors (Lipinski definition) is 3. The molecule has 2 rings (SSSR count). The van der Waals surface area contributed by atoms with Gasteiger partial charge in [0.2, 0.25) is 15.9 Å². The second-order valence-electron chi connectivity index (χ2n) is 4.95. The van der Waals surface area contributed by atoms with Gasteiger partial charge >= 0.3 is 0 Å². The lowest BCUT2D eigenvalue weighted by Gasteiger charge is -2.04. The van der Waals surface area contributed by atoms with Crippen LogP contribution in [0.5, 0.6) is 0 Å². The summed E-state index contributed by atoms with van der Waals surface area (Å²) in [5.74, 6) is -2.56. The fourth-order valence-electron chi connectivity index (χ4n) is 1.81. The van der Waals surface area contributed by atoms with Gasteiger partial charge in [-0.15, -0.1) is 0 Å². The second kappa shape index (κ2) is 7.22. The molecule has 0 atom stereocenters. The van der Waals surface area contributed by atoms with Gasteiger partial charge in [0, 0.05) is 23.5 Å². The Bertz CT molecular complexity index is 879. The Kier molecular flexibility index (Phi) is 5.30. The highest BCUT2D eigenvalue weighted by molar-refractivity contribution is 7.92. The Balaban J connectivity index is 1.99. The van der Waals surface area contributed by atoms with Crippen LogP contribution in [-0.2, 0) is 14.8 Å². The fraction of sp³-hybridized carbons (Fsp3) is 0.0625. The van der Waals surface area contributed by atoms with Gasteiger partial charge in [-0.3, -0.25) is 9.52 Å². The molecule has 1 amide bonds. The lowest BCUT2D eigenvalue weighted by atomic mass is 10.2. The zero-order valence-corrected chi connectivity index (χ0v) is 13.4. The molecule has 0 radical (unpaired) electrons. The molecule has 0 bridgehead atoms. The van der Waals surface area contributed by atoms with Crippen molar-refractivity contribution in [2.45, 2.75) is 0 Å². The van der Waals surface area contributed by atoms with Crippen molar-refractivity contribution in [2.24, 2.45) is 0 Å². The van der Waals surface area contributed by atoms with Gasteiger partial charge in [-0.2, -0.15) is 0 Å². The minimum absolute atomic E-state index is 0.135. The number of carbonyl (C=O) groups excluding carboxylic acids is 1. The zero-order valence-electron chi connectivity index (χ0n) is 12.6. The molecule has 0 saturated carbocycles. The van der Waals surface area contributed by atoms with E-state index in [1.165, 1.54) is 18.2 Å². The van der Waals surface area contributed by atoms with Crippen LogP contribution in [0.4, 0.5) is 20.2 Å². The topological polar surface area (TPSA) is 75.3 Å². The van der Waals surface area contributed by atoms with Crippen molar-refractivity contribution >= 4 is 33.4 Å². The molecule has 8 heteroatoms. The van der Waals surface area contributed by atoms with Crippen LogP contribution in [-0.4, -0.2) is 20.6 Å². The van der Waals surface area contributed by atoms with Crippen LogP contribution < -0.4 is 10.0 Å². The standard InChI is InChI=1S/C16H14F2N2O3S/c1-24(22,23)20-12-5-2-11(3-6-12)4-9-16(21)19-13-7-8-14(17)15(18)10-13/h2-10,20H,1H3,(H,19,21)/b9-4+. The van der Waals surface area contributed by atoms with Crippen LogP contribution in [0.2, 0.25) is 0 Å². The first-order valence-corrected chi connectivity index (χ1v) is 8.64. The minimum atomic E-state index is -3.35. The van der Waals surface area contributed by atoms with E-state index < -0.39 is 27.6 Å². The van der Waals surface area contributed by atoms with Crippen molar-refractivity contribution in [3.63, 3.8) is 0 Å². The van der Waals surface area contributed by atoms with Crippen molar-refractivity contribution in [2.75, 3.05) is 16.3 Å². The van der Waals surface area contributed by atoms with Crippen LogP contribution in [0.3, 0.4) is 0 Å². The van der Waals surface area contributed by atoms with Crippen LogP contribution in [0.15, 0.2) is 48.5 Å². The Morgan fingerprint density at radius 3 is 2.21 bits per heavy atom. The van der Waals surface area contributed by atoms with Gasteiger partial charge in [0.15, 0.2) is 11.6 Å². The molecule has 0 aliphatic heterocycles. The van der Waals surface area contributed by atoms with Crippen LogP contribution in [0.1, 0.15) is 5.56 Å². The summed E-state index contributed by atoms with van der Waals surface area (Å²) >= 11 is 0. The summed E-state index contributed by atoms with van der Waals surface area (Å²) in [4.78, 5) is 11.7. The third-order valence-electron chi connectivity index (χ3n) is 2.83. The number of sulfonamides is 1. The third kappa shape index (κ3) is 5.47. The summed E-state index contributed by atoms with van der Waals surface area (Å²) in [6.45, 7) is 0. The molecule has 126 valence electrons. The summed E-state index contributed by atoms with van der Waals surface area (Å²) in [5, 5.41) is 2.40. The number of nitrogens with one attached hydrogen (secondary N) is 2. The number of halogens is 2. The van der Waals surface area contributed by atoms with E-state index in [-0.39, 0.29) is 5.69 Å². The lowest BCUT2D eigenvalue weighted by Crippen LogP contribution is -2.09. The van der Waals surface area contributed by atoms with Crippen molar-refractivity contribution in [1.29, 1.82) is 0 Å². The summed E-state index contributed by atoms with van der Waals surface area (Å²) in [6, 6.07) is 9.39. The Morgan fingerprint density at radius 2 is 1.62 bits per heavy atom. The maximum atomic E-state index is 13.0. The number of anilines is 2. The number of benzene rings is 2. The molecule has 0 aromatic heterocycles. The van der Waals surface area contributed by atoms with Crippen molar-refractivity contribution in [1.82, 2.24) is 0 Å². The number of carbonyl (C=O) groups is 1. The molecule has 0 heterocycles. The Morgan fingerprint density at radius 1 is 1.00 bits per heavy atom. The van der Waals surface area contributed by atoms with E-state index in [2.05, 4.69) is 10.0 Å². The molecule has 2 aromatic rings. The molecule has 0 aliphatic carbocycles. The molecule has 24 heavy (non-hydrogen) atoms. The minimum Gasteiger partial charge on any atom is -0.322 e. The largest absolute Gasteiger partial charge is 0.322 e. The molecular formula is C16H14F2N2O3S. The molecule has 0 unspecified atom stereocenters. The van der Waals surface area contributed by atoms with E-state index in [1.807, 2.05) is 0 Å². The summed E-state index contributed by atoms with van der Waals surface area (Å²) in [6.07, 6.45) is 3.77. The normalized spacial score (nSPS) is 11.5. The maximum Gasteiger partial charge on any atom is 0.248 e. The first kappa shape index (κ1) is 17.6. The highest BCUT2D eigenvalue weighted by atomic mass is 32.2. The van der Waals surface area contributed by atoms with Gasteiger partial charge < -0.3 is 5.32 Å². The first-order chi connectivity index (χ1) is 11.2. The van der Waals surface area contributed by atoms with E-state index in [1.54, 1.807) is 24.3 Å². The van der Waals surface area contributed by atoms with Crippen molar-refractivity contribution in [3.8, 4) is 0 Å². The molecule has 2 N–H and O–H groups in total. The average Bonchev–Trinajstić information content (AvgIpc) is 2.49. The van der Waals surface area contributed by atoms with Gasteiger partial charge in [-0.1, -0.05) is 12.1 Å². The highest BCUT2D eigenvalue weighted by Gasteiger charge is 2.04. The predicted molar refractivity (Wildman–Crippen MR) is 88.9 cm³/mol. The summed E-state index contributed by atoms with van der Waals surface area (Å²) < 4.78 is 50.3. The second-order valence-corrected chi connectivity index (χ2v) is 6.70. The van der Waals surface area contributed by atoms with Gasteiger partial charge in [-0.05, 0) is 35.9 Å². The number of rotatable bonds is 5. The van der Waals surface area contributed by atoms with Crippen LogP contribution >= 0.6 is 0 Å². The molecule has 2 aromatic carbocycles. The monoisotopic (exact) mass is 352 g/mol. The smallest absolute Gasteiger partial charge is 0.248 e. The third-order valence-corrected chi connectivity index (χ3v) is 3.43. The Labute approximate surface area is 138 Å². The van der Waals surface area contributed by atoms with Gasteiger partial charge in [0.05, 0.1) is 6.26 Å². The van der Waals surface area contributed by atoms with E-state index >= 15 is 0 Å². The average molecular weight is 352 g/mol. The number of amides is 1. The Hall–Kier alpha value is -2.74. The fourth-order valence-corrected chi connectivity index (χ4v) is 2.37. The van der Waals surface area contributed by atoms with E-state index in [9.17, 15) is 22.0 Å². The molecule has 5 nitrogen and oxygen atoms in total. The number of hydrogen-bond donors (Lipinski definition) is 2. The van der Waals surface area contributed by atoms with Gasteiger partial charge in [0.1, 0.15) is 0 Å². The molecule has 0 fully saturated rings. The molecule has 0 saturated heterocycles. The van der Waals surface area contributed by atoms with Gasteiger partial charge in [0.25, 0.3) is 0 Å².